The molecular formula is C14H17F2N3. The van der Waals surface area contributed by atoms with Gasteiger partial charge in [0.2, 0.25) is 0 Å². The topological polar surface area (TPSA) is 29.9 Å². The standard InChI is InChI=1S/C14H17F2N3/c1-3-19-14(7-8-18-19)13(17-2)9-10-11(15)5-4-6-12(10)16/h4-8,13,17H,3,9H2,1-2H3. The van der Waals surface area contributed by atoms with Crippen molar-refractivity contribution in [3.05, 3.63) is 53.4 Å². The minimum Gasteiger partial charge on any atom is -0.311 e. The molecule has 0 fully saturated rings. The lowest BCUT2D eigenvalue weighted by Gasteiger charge is -2.18. The summed E-state index contributed by atoms with van der Waals surface area (Å²) in [5.41, 5.74) is 1.03. The average molecular weight is 265 g/mol. The molecule has 102 valence electrons. The molecule has 0 aliphatic carbocycles. The van der Waals surface area contributed by atoms with Gasteiger partial charge in [0.05, 0.1) is 11.7 Å². The molecule has 1 atom stereocenters. The van der Waals surface area contributed by atoms with Crippen LogP contribution in [-0.2, 0) is 13.0 Å². The van der Waals surface area contributed by atoms with E-state index in [9.17, 15) is 8.78 Å². The van der Waals surface area contributed by atoms with Crippen molar-refractivity contribution in [3.63, 3.8) is 0 Å². The quantitative estimate of drug-likeness (QED) is 0.900. The molecule has 3 nitrogen and oxygen atoms in total. The summed E-state index contributed by atoms with van der Waals surface area (Å²) < 4.78 is 29.2. The van der Waals surface area contributed by atoms with Crippen molar-refractivity contribution >= 4 is 0 Å². The summed E-state index contributed by atoms with van der Waals surface area (Å²) in [4.78, 5) is 0. The first-order chi connectivity index (χ1) is 9.17. The van der Waals surface area contributed by atoms with E-state index in [0.29, 0.717) is 0 Å². The van der Waals surface area contributed by atoms with E-state index in [0.717, 1.165) is 12.2 Å². The number of hydrogen-bond donors (Lipinski definition) is 1. The normalized spacial score (nSPS) is 12.6. The Bertz CT molecular complexity index is 531. The van der Waals surface area contributed by atoms with Gasteiger partial charge < -0.3 is 5.32 Å². The van der Waals surface area contributed by atoms with Gasteiger partial charge in [-0.05, 0) is 38.6 Å². The minimum atomic E-state index is -0.511. The molecule has 0 radical (unpaired) electrons. The lowest BCUT2D eigenvalue weighted by Crippen LogP contribution is -2.23. The van der Waals surface area contributed by atoms with Gasteiger partial charge in [-0.25, -0.2) is 8.78 Å². The number of aryl methyl sites for hydroxylation is 1. The molecule has 1 aromatic heterocycles. The van der Waals surface area contributed by atoms with Crippen LogP contribution in [0, 0.1) is 11.6 Å². The van der Waals surface area contributed by atoms with E-state index in [2.05, 4.69) is 10.4 Å². The molecule has 0 bridgehead atoms. The molecular weight excluding hydrogens is 248 g/mol. The van der Waals surface area contributed by atoms with Gasteiger partial charge >= 0.3 is 0 Å². The fourth-order valence-electron chi connectivity index (χ4n) is 2.19. The highest BCUT2D eigenvalue weighted by Gasteiger charge is 2.18. The second-order valence-electron chi connectivity index (χ2n) is 4.32. The zero-order valence-electron chi connectivity index (χ0n) is 11.0. The van der Waals surface area contributed by atoms with Gasteiger partial charge in [-0.3, -0.25) is 4.68 Å². The molecule has 0 amide bonds. The lowest BCUT2D eigenvalue weighted by molar-refractivity contribution is 0.483. The Hall–Kier alpha value is -1.75. The molecule has 0 spiro atoms. The van der Waals surface area contributed by atoms with Gasteiger partial charge in [-0.2, -0.15) is 5.10 Å². The van der Waals surface area contributed by atoms with Gasteiger partial charge in [0.15, 0.2) is 0 Å². The molecule has 1 unspecified atom stereocenters. The Morgan fingerprint density at radius 2 is 1.95 bits per heavy atom. The van der Waals surface area contributed by atoms with E-state index in [4.69, 9.17) is 0 Å². The van der Waals surface area contributed by atoms with Crippen molar-refractivity contribution in [3.8, 4) is 0 Å². The van der Waals surface area contributed by atoms with Gasteiger partial charge in [-0.1, -0.05) is 6.07 Å². The van der Waals surface area contributed by atoms with Crippen LogP contribution in [0.15, 0.2) is 30.5 Å². The van der Waals surface area contributed by atoms with Crippen LogP contribution in [0.3, 0.4) is 0 Å². The van der Waals surface area contributed by atoms with Crippen LogP contribution < -0.4 is 5.32 Å². The fraction of sp³-hybridized carbons (Fsp3) is 0.357. The maximum absolute atomic E-state index is 13.7. The van der Waals surface area contributed by atoms with Crippen molar-refractivity contribution in [1.29, 1.82) is 0 Å². The first-order valence-corrected chi connectivity index (χ1v) is 6.29. The van der Waals surface area contributed by atoms with Gasteiger partial charge in [0.25, 0.3) is 0 Å². The number of rotatable bonds is 5. The van der Waals surface area contributed by atoms with Gasteiger partial charge in [-0.15, -0.1) is 0 Å². The van der Waals surface area contributed by atoms with Crippen molar-refractivity contribution in [2.75, 3.05) is 7.05 Å². The number of nitrogens with one attached hydrogen (secondary N) is 1. The van der Waals surface area contributed by atoms with E-state index in [1.807, 2.05) is 17.7 Å². The van der Waals surface area contributed by atoms with Crippen LogP contribution in [0.1, 0.15) is 24.2 Å². The van der Waals surface area contributed by atoms with Crippen molar-refractivity contribution in [2.45, 2.75) is 25.9 Å². The van der Waals surface area contributed by atoms with Crippen LogP contribution in [-0.4, -0.2) is 16.8 Å². The molecule has 0 aliphatic rings. The predicted octanol–water partition coefficient (Wildman–Crippen LogP) is 2.68. The predicted molar refractivity (Wildman–Crippen MR) is 69.8 cm³/mol. The molecule has 1 heterocycles. The zero-order valence-corrected chi connectivity index (χ0v) is 11.0. The number of hydrogen-bond acceptors (Lipinski definition) is 2. The third-order valence-electron chi connectivity index (χ3n) is 3.22. The van der Waals surface area contributed by atoms with E-state index >= 15 is 0 Å². The van der Waals surface area contributed by atoms with Gasteiger partial charge in [0, 0.05) is 18.3 Å². The zero-order chi connectivity index (χ0) is 13.8. The van der Waals surface area contributed by atoms with E-state index < -0.39 is 11.6 Å². The van der Waals surface area contributed by atoms with Crippen LogP contribution in [0.2, 0.25) is 0 Å². The Labute approximate surface area is 111 Å². The van der Waals surface area contributed by atoms with Gasteiger partial charge in [0.1, 0.15) is 11.6 Å². The van der Waals surface area contributed by atoms with Crippen molar-refractivity contribution in [2.24, 2.45) is 0 Å². The fourth-order valence-corrected chi connectivity index (χ4v) is 2.19. The van der Waals surface area contributed by atoms with Crippen molar-refractivity contribution in [1.82, 2.24) is 15.1 Å². The van der Waals surface area contributed by atoms with E-state index in [-0.39, 0.29) is 18.0 Å². The number of aromatic nitrogens is 2. The second kappa shape index (κ2) is 5.93. The van der Waals surface area contributed by atoms with Crippen molar-refractivity contribution < 1.29 is 8.78 Å². The Morgan fingerprint density at radius 1 is 1.26 bits per heavy atom. The average Bonchev–Trinajstić information content (AvgIpc) is 2.87. The Balaban J connectivity index is 2.29. The van der Waals surface area contributed by atoms with Crippen LogP contribution in [0.5, 0.6) is 0 Å². The molecule has 19 heavy (non-hydrogen) atoms. The summed E-state index contributed by atoms with van der Waals surface area (Å²) in [6.07, 6.45) is 1.95. The number of likely N-dealkylation sites (N-methyl/N-ethyl adjacent to an activating group) is 1. The third kappa shape index (κ3) is 2.81. The lowest BCUT2D eigenvalue weighted by atomic mass is 10.0. The SMILES string of the molecule is CCn1nccc1C(Cc1c(F)cccc1F)NC. The molecule has 1 N–H and O–H groups in total. The molecule has 2 rings (SSSR count). The smallest absolute Gasteiger partial charge is 0.129 e. The summed E-state index contributed by atoms with van der Waals surface area (Å²) in [5, 5.41) is 7.27. The molecule has 0 aliphatic heterocycles. The molecule has 2 aromatic rings. The number of halogens is 2. The first kappa shape index (κ1) is 13.7. The van der Waals surface area contributed by atoms with Crippen LogP contribution in [0.4, 0.5) is 8.78 Å². The maximum atomic E-state index is 13.7. The van der Waals surface area contributed by atoms with E-state index in [1.54, 1.807) is 13.2 Å². The van der Waals surface area contributed by atoms with E-state index in [1.165, 1.54) is 18.2 Å². The first-order valence-electron chi connectivity index (χ1n) is 6.29. The summed E-state index contributed by atoms with van der Waals surface area (Å²) in [5.74, 6) is -1.02. The summed E-state index contributed by atoms with van der Waals surface area (Å²) in [6.45, 7) is 2.70. The molecule has 5 heteroatoms. The highest BCUT2D eigenvalue weighted by atomic mass is 19.1. The molecule has 1 aromatic carbocycles. The Morgan fingerprint density at radius 3 is 2.53 bits per heavy atom. The minimum absolute atomic E-state index is 0.103. The summed E-state index contributed by atoms with van der Waals surface area (Å²) in [7, 11) is 1.77. The van der Waals surface area contributed by atoms with Crippen LogP contribution in [0.25, 0.3) is 0 Å². The van der Waals surface area contributed by atoms with Crippen LogP contribution >= 0.6 is 0 Å². The third-order valence-corrected chi connectivity index (χ3v) is 3.22. The number of benzene rings is 1. The Kier molecular flexibility index (Phi) is 4.27. The highest BCUT2D eigenvalue weighted by molar-refractivity contribution is 5.23. The molecule has 0 saturated carbocycles. The molecule has 0 saturated heterocycles. The monoisotopic (exact) mass is 265 g/mol. The largest absolute Gasteiger partial charge is 0.311 e. The maximum Gasteiger partial charge on any atom is 0.129 e. The number of nitrogens with zero attached hydrogens (tertiary/aromatic N) is 2. The summed E-state index contributed by atoms with van der Waals surface area (Å²) in [6, 6.07) is 5.63. The summed E-state index contributed by atoms with van der Waals surface area (Å²) >= 11 is 0. The highest BCUT2D eigenvalue weighted by Crippen LogP contribution is 2.21. The second-order valence-corrected chi connectivity index (χ2v) is 4.32.